The van der Waals surface area contributed by atoms with Gasteiger partial charge in [-0.15, -0.1) is 6.42 Å². The van der Waals surface area contributed by atoms with Crippen molar-refractivity contribution in [1.29, 1.82) is 0 Å². The SMILES string of the molecule is C#Cc1c(F)ccc2cc(O)cc(-c3[nH]c(=O)c4c(NCCC(N)=O)nc(OC[C@@]56CCCN5C[C@H](F)C6)nc4c3F)c12. The molecule has 1 amide bonds. The Morgan fingerprint density at radius 3 is 2.88 bits per heavy atom. The molecule has 0 spiro atoms. The monoisotopic (exact) mass is 592 g/mol. The fraction of sp³-hybridized carbons (Fsp3) is 0.333. The molecule has 6 rings (SSSR count). The number of benzene rings is 2. The van der Waals surface area contributed by atoms with Gasteiger partial charge >= 0.3 is 6.01 Å². The van der Waals surface area contributed by atoms with Crippen LogP contribution in [0.2, 0.25) is 0 Å². The van der Waals surface area contributed by atoms with Gasteiger partial charge in [0.2, 0.25) is 5.91 Å². The van der Waals surface area contributed by atoms with E-state index in [-0.39, 0.29) is 65.5 Å². The summed E-state index contributed by atoms with van der Waals surface area (Å²) >= 11 is 0. The number of rotatable bonds is 8. The van der Waals surface area contributed by atoms with E-state index in [2.05, 4.69) is 26.2 Å². The van der Waals surface area contributed by atoms with Gasteiger partial charge in [0.15, 0.2) is 5.82 Å². The lowest BCUT2D eigenvalue weighted by Crippen LogP contribution is -2.43. The minimum Gasteiger partial charge on any atom is -0.508 e. The van der Waals surface area contributed by atoms with Crippen molar-refractivity contribution < 1.29 is 27.8 Å². The normalized spacial score (nSPS) is 19.9. The molecule has 222 valence electrons. The number of hydrogen-bond acceptors (Lipinski definition) is 8. The number of primary amides is 1. The summed E-state index contributed by atoms with van der Waals surface area (Å²) in [4.78, 5) is 37.8. The molecular weight excluding hydrogens is 565 g/mol. The maximum absolute atomic E-state index is 16.4. The van der Waals surface area contributed by atoms with Crippen LogP contribution < -0.4 is 21.3 Å². The van der Waals surface area contributed by atoms with Gasteiger partial charge in [-0.2, -0.15) is 9.97 Å². The molecule has 5 N–H and O–H groups in total. The number of aromatic amines is 1. The first-order valence-corrected chi connectivity index (χ1v) is 13.7. The van der Waals surface area contributed by atoms with Gasteiger partial charge < -0.3 is 25.9 Å². The molecule has 0 radical (unpaired) electrons. The Bertz CT molecular complexity index is 1890. The minimum atomic E-state index is -1.02. The largest absolute Gasteiger partial charge is 0.508 e. The quantitative estimate of drug-likeness (QED) is 0.228. The molecule has 2 saturated heterocycles. The molecule has 4 heterocycles. The highest BCUT2D eigenvalue weighted by molar-refractivity contribution is 6.02. The number of H-pyrrole nitrogens is 1. The van der Waals surface area contributed by atoms with Crippen molar-refractivity contribution in [2.45, 2.75) is 37.4 Å². The van der Waals surface area contributed by atoms with E-state index < -0.39 is 46.0 Å². The van der Waals surface area contributed by atoms with Crippen molar-refractivity contribution in [3.63, 3.8) is 0 Å². The number of ether oxygens (including phenoxy) is 1. The number of anilines is 1. The lowest BCUT2D eigenvalue weighted by atomic mass is 9.95. The van der Waals surface area contributed by atoms with Crippen molar-refractivity contribution in [2.75, 3.05) is 31.6 Å². The summed E-state index contributed by atoms with van der Waals surface area (Å²) in [5.74, 6) is -0.508. The van der Waals surface area contributed by atoms with Crippen LogP contribution in [0, 0.1) is 24.0 Å². The van der Waals surface area contributed by atoms with Crippen molar-refractivity contribution in [3.8, 4) is 35.4 Å². The molecular formula is C30H27F3N6O4. The molecule has 2 aromatic heterocycles. The molecule has 0 bridgehead atoms. The first-order valence-electron chi connectivity index (χ1n) is 13.7. The Balaban J connectivity index is 1.51. The van der Waals surface area contributed by atoms with Gasteiger partial charge in [-0.1, -0.05) is 12.0 Å². The number of halogens is 3. The topological polar surface area (TPSA) is 146 Å². The number of carbonyl (C=O) groups excluding carboxylic acids is 1. The van der Waals surface area contributed by atoms with Gasteiger partial charge in [-0.3, -0.25) is 14.5 Å². The fourth-order valence-corrected chi connectivity index (χ4v) is 6.26. The van der Waals surface area contributed by atoms with Crippen molar-refractivity contribution in [3.05, 3.63) is 51.8 Å². The highest BCUT2D eigenvalue weighted by atomic mass is 19.1. The molecule has 10 nitrogen and oxygen atoms in total. The summed E-state index contributed by atoms with van der Waals surface area (Å²) in [6.45, 7) is 1.05. The third-order valence-corrected chi connectivity index (χ3v) is 8.14. The van der Waals surface area contributed by atoms with Crippen molar-refractivity contribution in [1.82, 2.24) is 19.9 Å². The third-order valence-electron chi connectivity index (χ3n) is 8.14. The highest BCUT2D eigenvalue weighted by Gasteiger charge is 2.49. The number of phenolic OH excluding ortho intramolecular Hbond substituents is 1. The molecule has 0 aliphatic carbocycles. The van der Waals surface area contributed by atoms with Crippen LogP contribution in [0.3, 0.4) is 0 Å². The van der Waals surface area contributed by atoms with E-state index in [1.54, 1.807) is 0 Å². The molecule has 2 aliphatic rings. The van der Waals surface area contributed by atoms with Crippen LogP contribution in [0.15, 0.2) is 29.1 Å². The number of amides is 1. The average Bonchev–Trinajstić information content (AvgIpc) is 3.49. The summed E-state index contributed by atoms with van der Waals surface area (Å²) in [7, 11) is 0. The minimum absolute atomic E-state index is 0.0209. The van der Waals surface area contributed by atoms with E-state index in [9.17, 15) is 23.5 Å². The van der Waals surface area contributed by atoms with Gasteiger partial charge in [-0.05, 0) is 43.0 Å². The van der Waals surface area contributed by atoms with E-state index in [1.165, 1.54) is 12.1 Å². The van der Waals surface area contributed by atoms with Crippen LogP contribution in [0.25, 0.3) is 32.9 Å². The second-order valence-electron chi connectivity index (χ2n) is 10.9. The molecule has 0 saturated carbocycles. The zero-order valence-electron chi connectivity index (χ0n) is 22.8. The molecule has 2 aromatic carbocycles. The standard InChI is InChI=1S/C30H27F3N6O4/c1-2-18-20(32)5-4-15-10-17(40)11-19(22(15)18)25-24(33)26-23(28(42)36-25)27(35-8-6-21(34)41)38-29(37-26)43-14-30-7-3-9-39(30)13-16(31)12-30/h1,4-5,10-11,16,40H,3,6-9,12-14H2,(H2,34,41)(H,36,42)(H,35,37,38)/t16-,30+/m1/s1. The highest BCUT2D eigenvalue weighted by Crippen LogP contribution is 2.41. The van der Waals surface area contributed by atoms with Crippen LogP contribution in [0.4, 0.5) is 19.0 Å². The number of fused-ring (bicyclic) bond motifs is 3. The van der Waals surface area contributed by atoms with Crippen LogP contribution in [-0.4, -0.2) is 68.8 Å². The molecule has 0 unspecified atom stereocenters. The number of nitrogens with zero attached hydrogens (tertiary/aromatic N) is 3. The second-order valence-corrected chi connectivity index (χ2v) is 10.9. The number of hydrogen-bond donors (Lipinski definition) is 4. The van der Waals surface area contributed by atoms with Crippen LogP contribution >= 0.6 is 0 Å². The molecule has 43 heavy (non-hydrogen) atoms. The maximum atomic E-state index is 16.4. The Morgan fingerprint density at radius 2 is 2.12 bits per heavy atom. The summed E-state index contributed by atoms with van der Waals surface area (Å²) in [6.07, 6.45) is 6.33. The summed E-state index contributed by atoms with van der Waals surface area (Å²) in [6, 6.07) is 4.72. The molecule has 4 aromatic rings. The fourth-order valence-electron chi connectivity index (χ4n) is 6.26. The Hall–Kier alpha value is -4.83. The third kappa shape index (κ3) is 4.97. The zero-order chi connectivity index (χ0) is 30.5. The van der Waals surface area contributed by atoms with Gasteiger partial charge in [0.25, 0.3) is 5.56 Å². The number of alkyl halides is 1. The summed E-state index contributed by atoms with van der Waals surface area (Å²) in [5.41, 5.74) is 2.80. The Labute approximate surface area is 243 Å². The number of nitrogens with two attached hydrogens (primary N) is 1. The van der Waals surface area contributed by atoms with Crippen molar-refractivity contribution in [2.24, 2.45) is 5.73 Å². The van der Waals surface area contributed by atoms with E-state index in [1.807, 2.05) is 4.90 Å². The lowest BCUT2D eigenvalue weighted by molar-refractivity contribution is -0.117. The van der Waals surface area contributed by atoms with Gasteiger partial charge in [-0.25, -0.2) is 13.2 Å². The predicted molar refractivity (Wildman–Crippen MR) is 153 cm³/mol. The van der Waals surface area contributed by atoms with Gasteiger partial charge in [0.1, 0.15) is 41.1 Å². The number of carbonyl (C=O) groups is 1. The number of terminal acetylenes is 1. The predicted octanol–water partition coefficient (Wildman–Crippen LogP) is 3.35. The first-order chi connectivity index (χ1) is 20.6. The smallest absolute Gasteiger partial charge is 0.319 e. The molecule has 13 heteroatoms. The number of phenols is 1. The average molecular weight is 593 g/mol. The lowest BCUT2D eigenvalue weighted by Gasteiger charge is -2.30. The number of aromatic nitrogens is 3. The van der Waals surface area contributed by atoms with Gasteiger partial charge in [0, 0.05) is 36.9 Å². The molecule has 2 aliphatic heterocycles. The van der Waals surface area contributed by atoms with E-state index >= 15 is 4.39 Å². The Kier molecular flexibility index (Phi) is 7.09. The summed E-state index contributed by atoms with van der Waals surface area (Å²) in [5, 5.41) is 13.4. The van der Waals surface area contributed by atoms with Crippen LogP contribution in [0.5, 0.6) is 11.8 Å². The number of pyridine rings is 1. The molecule has 2 fully saturated rings. The van der Waals surface area contributed by atoms with E-state index in [4.69, 9.17) is 16.9 Å². The van der Waals surface area contributed by atoms with Crippen LogP contribution in [-0.2, 0) is 4.79 Å². The maximum Gasteiger partial charge on any atom is 0.319 e. The zero-order valence-corrected chi connectivity index (χ0v) is 22.8. The van der Waals surface area contributed by atoms with E-state index in [0.717, 1.165) is 25.1 Å². The first kappa shape index (κ1) is 28.3. The van der Waals surface area contributed by atoms with Crippen molar-refractivity contribution >= 4 is 33.4 Å². The summed E-state index contributed by atoms with van der Waals surface area (Å²) < 4.78 is 51.4. The van der Waals surface area contributed by atoms with Crippen LogP contribution in [0.1, 0.15) is 31.2 Å². The number of aromatic hydroxyl groups is 1. The number of nitrogens with one attached hydrogen (secondary N) is 2. The Morgan fingerprint density at radius 1 is 1.30 bits per heavy atom. The van der Waals surface area contributed by atoms with E-state index in [0.29, 0.717) is 18.4 Å². The van der Waals surface area contributed by atoms with Gasteiger partial charge in [0.05, 0.1) is 16.8 Å². The molecule has 2 atom stereocenters. The second kappa shape index (κ2) is 10.8.